The van der Waals surface area contributed by atoms with Gasteiger partial charge in [0.05, 0.1) is 45.3 Å². The Labute approximate surface area is 446 Å². The van der Waals surface area contributed by atoms with Crippen LogP contribution in [0.15, 0.2) is 84.9 Å². The normalized spacial score (nSPS) is 10.9. The Bertz CT molecular complexity index is 2870. The SMILES string of the molecule is CN(C)c1cc(-c2ccc(F)nc2F)nc(C(C)(C)c2cc(N(C)C)cc(-c3ccc(F)nc3F)n2)c1.CN(C)c1cc(Cl)nc(C(C)(C)c2cc(N(C)C)cc(Cl)n2)c1.OB(O)c1ccc(F)nc1F.P.PP. The zero-order valence-electron chi connectivity index (χ0n) is 42.9. The molecule has 0 aliphatic carbocycles. The molecule has 0 saturated heterocycles. The molecule has 0 spiro atoms. The summed E-state index contributed by atoms with van der Waals surface area (Å²) in [4.78, 5) is 35.5. The van der Waals surface area contributed by atoms with Crippen LogP contribution < -0.4 is 25.1 Å². The van der Waals surface area contributed by atoms with Crippen molar-refractivity contribution in [2.75, 3.05) is 76.0 Å². The smallest absolute Gasteiger partial charge is 0.423 e. The first-order valence-electron chi connectivity index (χ1n) is 21.9. The van der Waals surface area contributed by atoms with E-state index in [1.807, 2.05) is 126 Å². The van der Waals surface area contributed by atoms with Gasteiger partial charge in [-0.25, -0.2) is 9.97 Å². The van der Waals surface area contributed by atoms with Gasteiger partial charge < -0.3 is 29.6 Å². The third kappa shape index (κ3) is 16.1. The first-order valence-corrected chi connectivity index (χ1v) is 25.3. The molecule has 7 rings (SSSR count). The van der Waals surface area contributed by atoms with Gasteiger partial charge in [-0.15, -0.1) is 17.9 Å². The van der Waals surface area contributed by atoms with Gasteiger partial charge in [0, 0.05) is 95.4 Å². The van der Waals surface area contributed by atoms with Crippen molar-refractivity contribution in [2.45, 2.75) is 38.5 Å². The summed E-state index contributed by atoms with van der Waals surface area (Å²) in [5.41, 5.74) is 5.21. The van der Waals surface area contributed by atoms with E-state index >= 15 is 0 Å². The number of anilines is 4. The molecule has 7 heterocycles. The highest BCUT2D eigenvalue weighted by Gasteiger charge is 2.31. The average Bonchev–Trinajstić information content (AvgIpc) is 3.31. The standard InChI is InChI=1S/C27H26F4N6.C17H22Cl2N4.C5H4BF2NO2.H4P2.H3P/c1-27(2,21-13-15(36(3)4)11-19(32-21)17-7-9-23(28)34-25(17)30)22-14-16(37(5)6)12-20(33-22)18-8-10-24(29)35-26(18)31;1-17(2,13-7-11(22(3)4)9-15(18)20-13)14-8-12(23(5)6)10-16(19)21-14;7-4-2-1-3(6(10)11)5(8)9-4;1-2;/h7-14H,1-6H3;7-10H,1-6H3;1-2,10-11H;1-2H2;1H3. The second-order valence-corrected chi connectivity index (χ2v) is 18.7. The van der Waals surface area contributed by atoms with Crippen LogP contribution in [0.1, 0.15) is 50.5 Å². The maximum absolute atomic E-state index is 14.6. The summed E-state index contributed by atoms with van der Waals surface area (Å²) in [6.45, 7) is 7.93. The predicted octanol–water partition coefficient (Wildman–Crippen LogP) is 9.61. The van der Waals surface area contributed by atoms with Crippen LogP contribution in [0.5, 0.6) is 0 Å². The van der Waals surface area contributed by atoms with E-state index in [4.69, 9.17) is 43.2 Å². The maximum Gasteiger partial charge on any atom is 0.493 e. The average molecular weight is 1120 g/mol. The van der Waals surface area contributed by atoms with E-state index in [0.29, 0.717) is 21.7 Å². The van der Waals surface area contributed by atoms with E-state index in [1.54, 1.807) is 12.1 Å². The van der Waals surface area contributed by atoms with Crippen molar-refractivity contribution >= 4 is 86.3 Å². The summed E-state index contributed by atoms with van der Waals surface area (Å²) < 4.78 is 80.6. The Hall–Kier alpha value is -5.32. The van der Waals surface area contributed by atoms with Gasteiger partial charge in [0.15, 0.2) is 0 Å². The monoisotopic (exact) mass is 1120 g/mol. The van der Waals surface area contributed by atoms with Gasteiger partial charge in [-0.2, -0.15) is 51.2 Å². The van der Waals surface area contributed by atoms with Crippen molar-refractivity contribution in [3.63, 3.8) is 0 Å². The van der Waals surface area contributed by atoms with Crippen LogP contribution in [-0.2, 0) is 10.8 Å². The van der Waals surface area contributed by atoms with Gasteiger partial charge in [-0.1, -0.05) is 29.3 Å². The van der Waals surface area contributed by atoms with Crippen LogP contribution in [0.25, 0.3) is 22.5 Å². The number of hydrogen-bond donors (Lipinski definition) is 2. The molecule has 0 aliphatic rings. The molecule has 3 unspecified atom stereocenters. The molecular formula is C49H59BCl2F6N11O2P3. The van der Waals surface area contributed by atoms with E-state index in [1.165, 1.54) is 12.1 Å². The molecule has 13 nitrogen and oxygen atoms in total. The van der Waals surface area contributed by atoms with Crippen LogP contribution >= 0.6 is 51.0 Å². The second-order valence-electron chi connectivity index (χ2n) is 17.9. The van der Waals surface area contributed by atoms with Crippen molar-refractivity contribution in [1.82, 2.24) is 34.9 Å². The van der Waals surface area contributed by atoms with Crippen molar-refractivity contribution in [1.29, 1.82) is 0 Å². The van der Waals surface area contributed by atoms with Crippen LogP contribution in [0.2, 0.25) is 10.3 Å². The lowest BCUT2D eigenvalue weighted by Gasteiger charge is -2.28. The molecule has 0 bridgehead atoms. The summed E-state index contributed by atoms with van der Waals surface area (Å²) in [5, 5.41) is 17.8. The fourth-order valence-corrected chi connectivity index (χ4v) is 7.08. The zero-order valence-corrected chi connectivity index (χ0v) is 48.1. The Morgan fingerprint density at radius 3 is 1.00 bits per heavy atom. The van der Waals surface area contributed by atoms with Gasteiger partial charge in [0.25, 0.3) is 0 Å². The molecule has 0 amide bonds. The molecule has 396 valence electrons. The number of nitrogens with zero attached hydrogens (tertiary/aromatic N) is 11. The Kier molecular flexibility index (Phi) is 22.9. The van der Waals surface area contributed by atoms with Crippen LogP contribution in [-0.4, -0.2) is 108 Å². The Morgan fingerprint density at radius 2 is 0.716 bits per heavy atom. The second kappa shape index (κ2) is 26.9. The molecule has 25 heteroatoms. The van der Waals surface area contributed by atoms with Crippen molar-refractivity contribution in [2.24, 2.45) is 0 Å². The van der Waals surface area contributed by atoms with Gasteiger partial charge >= 0.3 is 7.12 Å². The lowest BCUT2D eigenvalue weighted by atomic mass is 9.81. The van der Waals surface area contributed by atoms with Crippen LogP contribution in [0, 0.1) is 35.7 Å². The fraction of sp³-hybridized carbons (Fsp3) is 0.286. The molecule has 2 N–H and O–H groups in total. The molecule has 0 fully saturated rings. The summed E-state index contributed by atoms with van der Waals surface area (Å²) in [6.07, 6.45) is 0. The van der Waals surface area contributed by atoms with Crippen LogP contribution in [0.3, 0.4) is 0 Å². The van der Waals surface area contributed by atoms with E-state index < -0.39 is 59.1 Å². The summed E-state index contributed by atoms with van der Waals surface area (Å²) >= 11 is 12.4. The maximum atomic E-state index is 14.6. The summed E-state index contributed by atoms with van der Waals surface area (Å²) in [6, 6.07) is 21.3. The highest BCUT2D eigenvalue weighted by molar-refractivity contribution is 7.92. The fourth-order valence-electron chi connectivity index (χ4n) is 6.67. The third-order valence-electron chi connectivity index (χ3n) is 11.1. The van der Waals surface area contributed by atoms with Crippen molar-refractivity contribution < 1.29 is 36.4 Å². The molecule has 74 heavy (non-hydrogen) atoms. The third-order valence-corrected chi connectivity index (χ3v) is 11.5. The zero-order chi connectivity index (χ0) is 54.9. The van der Waals surface area contributed by atoms with Gasteiger partial charge in [-0.3, -0.25) is 9.97 Å². The molecule has 0 aliphatic heterocycles. The first-order chi connectivity index (χ1) is 34.1. The first kappa shape index (κ1) is 63.0. The lowest BCUT2D eigenvalue weighted by Crippen LogP contribution is -2.33. The summed E-state index contributed by atoms with van der Waals surface area (Å²) in [5.74, 6) is -5.99. The minimum absolute atomic E-state index is 0. The quantitative estimate of drug-likeness (QED) is 0.0550. The largest absolute Gasteiger partial charge is 0.493 e. The molecular weight excluding hydrogens is 1060 g/mol. The molecule has 0 radical (unpaired) electrons. The van der Waals surface area contributed by atoms with Gasteiger partial charge in [0.2, 0.25) is 35.7 Å². The van der Waals surface area contributed by atoms with E-state index in [-0.39, 0.29) is 32.4 Å². The number of rotatable bonds is 11. The van der Waals surface area contributed by atoms with E-state index in [9.17, 15) is 26.3 Å². The molecule has 0 saturated carbocycles. The van der Waals surface area contributed by atoms with Crippen molar-refractivity contribution in [3.8, 4) is 22.5 Å². The Morgan fingerprint density at radius 1 is 0.432 bits per heavy atom. The van der Waals surface area contributed by atoms with E-state index in [2.05, 4.69) is 56.6 Å². The number of aromatic nitrogens is 7. The van der Waals surface area contributed by atoms with Crippen LogP contribution in [0.4, 0.5) is 49.1 Å². The molecule has 7 aromatic heterocycles. The molecule has 0 aromatic carbocycles. The number of halogens is 8. The highest BCUT2D eigenvalue weighted by atomic mass is 35.5. The lowest BCUT2D eigenvalue weighted by molar-refractivity contribution is 0.420. The minimum Gasteiger partial charge on any atom is -0.423 e. The highest BCUT2D eigenvalue weighted by Crippen LogP contribution is 2.38. The predicted molar refractivity (Wildman–Crippen MR) is 299 cm³/mol. The number of hydrogen-bond acceptors (Lipinski definition) is 13. The molecule has 7 aromatic rings. The van der Waals surface area contributed by atoms with Crippen molar-refractivity contribution in [3.05, 3.63) is 154 Å². The van der Waals surface area contributed by atoms with E-state index in [0.717, 1.165) is 58.4 Å². The topological polar surface area (TPSA) is 144 Å². The number of pyridine rings is 7. The van der Waals surface area contributed by atoms with Gasteiger partial charge in [-0.05, 0) is 107 Å². The minimum atomic E-state index is -1.96. The molecule has 3 atom stereocenters. The Balaban J connectivity index is 0.000000331. The van der Waals surface area contributed by atoms with Gasteiger partial charge in [0.1, 0.15) is 10.3 Å². The summed E-state index contributed by atoms with van der Waals surface area (Å²) in [7, 11) is 18.0.